The maximum absolute atomic E-state index is 14.6. The van der Waals surface area contributed by atoms with Crippen LogP contribution in [0.3, 0.4) is 0 Å². The summed E-state index contributed by atoms with van der Waals surface area (Å²) in [4.78, 5) is 0. The van der Waals surface area contributed by atoms with Crippen LogP contribution >= 0.6 is 0 Å². The molecule has 0 spiro atoms. The molecule has 0 bridgehead atoms. The molecule has 27 heavy (non-hydrogen) atoms. The van der Waals surface area contributed by atoms with E-state index in [0.29, 0.717) is 22.6 Å². The van der Waals surface area contributed by atoms with E-state index in [-0.39, 0.29) is 11.8 Å². The van der Waals surface area contributed by atoms with Crippen LogP contribution in [0.4, 0.5) is 4.39 Å². The fourth-order valence-corrected chi connectivity index (χ4v) is 3.38. The number of rotatable bonds is 3. The number of aromatic nitrogens is 2. The Kier molecular flexibility index (Phi) is 4.09. The standard InChI is InChI=1S/C20H15FN4O2/c1-26-12-6-4-5-11(9-12)18-17-16(13-7-2-3-8-15(13)21)14(10-22)19(23)27-20(17)25-24-18/h2-9,14,16,23H,1H3,(H,24,25). The average Bonchev–Trinajstić information content (AvgIpc) is 3.11. The van der Waals surface area contributed by atoms with Gasteiger partial charge < -0.3 is 9.47 Å². The van der Waals surface area contributed by atoms with Crippen LogP contribution in [0.25, 0.3) is 11.3 Å². The average molecular weight is 362 g/mol. The summed E-state index contributed by atoms with van der Waals surface area (Å²) in [5.74, 6) is -1.54. The number of aromatic amines is 1. The van der Waals surface area contributed by atoms with Crippen molar-refractivity contribution in [2.45, 2.75) is 5.92 Å². The van der Waals surface area contributed by atoms with Gasteiger partial charge in [-0.2, -0.15) is 5.26 Å². The minimum atomic E-state index is -0.962. The molecule has 0 radical (unpaired) electrons. The van der Waals surface area contributed by atoms with Gasteiger partial charge in [-0.15, -0.1) is 5.10 Å². The van der Waals surface area contributed by atoms with E-state index in [1.807, 2.05) is 24.3 Å². The molecule has 7 heteroatoms. The molecule has 1 aliphatic rings. The first-order chi connectivity index (χ1) is 13.1. The van der Waals surface area contributed by atoms with Gasteiger partial charge in [0.2, 0.25) is 11.8 Å². The number of hydrogen-bond donors (Lipinski definition) is 2. The van der Waals surface area contributed by atoms with Crippen molar-refractivity contribution in [2.24, 2.45) is 5.92 Å². The molecule has 1 aromatic heterocycles. The number of fused-ring (bicyclic) bond motifs is 1. The molecule has 134 valence electrons. The normalized spacial score (nSPS) is 18.3. The Balaban J connectivity index is 1.95. The first kappa shape index (κ1) is 16.8. The van der Waals surface area contributed by atoms with Gasteiger partial charge in [0, 0.05) is 11.5 Å². The van der Waals surface area contributed by atoms with Crippen molar-refractivity contribution in [3.8, 4) is 29.0 Å². The van der Waals surface area contributed by atoms with Crippen molar-refractivity contribution in [1.82, 2.24) is 10.2 Å². The molecule has 2 unspecified atom stereocenters. The Morgan fingerprint density at radius 1 is 1.26 bits per heavy atom. The zero-order chi connectivity index (χ0) is 19.0. The third kappa shape index (κ3) is 2.72. The van der Waals surface area contributed by atoms with Crippen LogP contribution in [0.2, 0.25) is 0 Å². The molecule has 0 amide bonds. The molecule has 0 saturated heterocycles. The smallest absolute Gasteiger partial charge is 0.244 e. The van der Waals surface area contributed by atoms with E-state index in [4.69, 9.17) is 14.9 Å². The van der Waals surface area contributed by atoms with Crippen molar-refractivity contribution in [2.75, 3.05) is 7.11 Å². The second kappa shape index (κ2) is 6.57. The van der Waals surface area contributed by atoms with Gasteiger partial charge in [0.15, 0.2) is 0 Å². The number of hydrogen-bond acceptors (Lipinski definition) is 5. The molecule has 2 heterocycles. The van der Waals surface area contributed by atoms with Gasteiger partial charge in [0.1, 0.15) is 17.5 Å². The molecule has 6 nitrogen and oxygen atoms in total. The van der Waals surface area contributed by atoms with Gasteiger partial charge in [-0.25, -0.2) is 4.39 Å². The van der Waals surface area contributed by atoms with Gasteiger partial charge in [0.25, 0.3) is 0 Å². The first-order valence-electron chi connectivity index (χ1n) is 8.27. The maximum atomic E-state index is 14.6. The highest BCUT2D eigenvalue weighted by atomic mass is 19.1. The van der Waals surface area contributed by atoms with Crippen LogP contribution in [0.5, 0.6) is 11.6 Å². The maximum Gasteiger partial charge on any atom is 0.244 e. The lowest BCUT2D eigenvalue weighted by Crippen LogP contribution is -2.31. The van der Waals surface area contributed by atoms with Crippen molar-refractivity contribution in [3.05, 3.63) is 65.5 Å². The number of nitriles is 1. The zero-order valence-corrected chi connectivity index (χ0v) is 14.4. The molecule has 2 N–H and O–H groups in total. The Morgan fingerprint density at radius 3 is 2.81 bits per heavy atom. The van der Waals surface area contributed by atoms with E-state index in [9.17, 15) is 9.65 Å². The van der Waals surface area contributed by atoms with Crippen LogP contribution < -0.4 is 9.47 Å². The van der Waals surface area contributed by atoms with E-state index in [2.05, 4.69) is 16.3 Å². The number of halogens is 1. The summed E-state index contributed by atoms with van der Waals surface area (Å²) in [6.07, 6.45) is 0. The molecular weight excluding hydrogens is 347 g/mol. The van der Waals surface area contributed by atoms with Crippen molar-refractivity contribution < 1.29 is 13.9 Å². The fourth-order valence-electron chi connectivity index (χ4n) is 3.38. The van der Waals surface area contributed by atoms with Gasteiger partial charge in [-0.1, -0.05) is 30.3 Å². The monoisotopic (exact) mass is 362 g/mol. The van der Waals surface area contributed by atoms with Gasteiger partial charge in [0.05, 0.1) is 24.4 Å². The number of benzene rings is 2. The number of nitrogens with one attached hydrogen (secondary N) is 2. The van der Waals surface area contributed by atoms with Crippen LogP contribution in [0, 0.1) is 28.5 Å². The second-order valence-electron chi connectivity index (χ2n) is 6.12. The molecule has 0 aliphatic carbocycles. The van der Waals surface area contributed by atoms with E-state index >= 15 is 0 Å². The Bertz CT molecular complexity index is 1070. The van der Waals surface area contributed by atoms with E-state index in [1.165, 1.54) is 6.07 Å². The third-order valence-corrected chi connectivity index (χ3v) is 4.64. The summed E-state index contributed by atoms with van der Waals surface area (Å²) in [5, 5.41) is 24.8. The SMILES string of the molecule is COc1cccc(-c2[nH]nc3c2C(c2ccccc2F)C(C#N)C(=N)O3)c1. The lowest BCUT2D eigenvalue weighted by Gasteiger charge is -2.28. The number of nitrogens with zero attached hydrogens (tertiary/aromatic N) is 2. The van der Waals surface area contributed by atoms with Crippen LogP contribution in [-0.2, 0) is 0 Å². The predicted octanol–water partition coefficient (Wildman–Crippen LogP) is 3.87. The number of methoxy groups -OCH3 is 1. The summed E-state index contributed by atoms with van der Waals surface area (Å²) in [5.41, 5.74) is 2.24. The Morgan fingerprint density at radius 2 is 2.07 bits per heavy atom. The molecule has 0 saturated carbocycles. The van der Waals surface area contributed by atoms with Crippen LogP contribution in [-0.4, -0.2) is 23.2 Å². The van der Waals surface area contributed by atoms with Gasteiger partial charge in [-0.05, 0) is 23.8 Å². The fraction of sp³-hybridized carbons (Fsp3) is 0.150. The van der Waals surface area contributed by atoms with Crippen molar-refractivity contribution >= 4 is 5.90 Å². The van der Waals surface area contributed by atoms with E-state index < -0.39 is 17.7 Å². The quantitative estimate of drug-likeness (QED) is 0.739. The van der Waals surface area contributed by atoms with Gasteiger partial charge in [-0.3, -0.25) is 10.5 Å². The highest BCUT2D eigenvalue weighted by molar-refractivity contribution is 5.86. The van der Waals surface area contributed by atoms with Crippen molar-refractivity contribution in [3.63, 3.8) is 0 Å². The molecule has 2 atom stereocenters. The van der Waals surface area contributed by atoms with Crippen molar-refractivity contribution in [1.29, 1.82) is 10.7 Å². The Hall–Kier alpha value is -3.66. The Labute approximate surface area is 154 Å². The minimum Gasteiger partial charge on any atom is -0.497 e. The zero-order valence-electron chi connectivity index (χ0n) is 14.4. The lowest BCUT2D eigenvalue weighted by atomic mass is 9.78. The topological polar surface area (TPSA) is 94.8 Å². The third-order valence-electron chi connectivity index (χ3n) is 4.64. The molecule has 4 rings (SSSR count). The predicted molar refractivity (Wildman–Crippen MR) is 96.3 cm³/mol. The lowest BCUT2D eigenvalue weighted by molar-refractivity contribution is 0.415. The number of ether oxygens (including phenoxy) is 2. The highest BCUT2D eigenvalue weighted by Gasteiger charge is 2.41. The molecule has 3 aromatic rings. The summed E-state index contributed by atoms with van der Waals surface area (Å²) in [6, 6.07) is 15.6. The molecular formula is C20H15FN4O2. The molecule has 1 aliphatic heterocycles. The van der Waals surface area contributed by atoms with Gasteiger partial charge >= 0.3 is 0 Å². The summed E-state index contributed by atoms with van der Waals surface area (Å²) in [7, 11) is 1.57. The second-order valence-corrected chi connectivity index (χ2v) is 6.12. The van der Waals surface area contributed by atoms with Crippen LogP contribution in [0.1, 0.15) is 17.0 Å². The largest absolute Gasteiger partial charge is 0.497 e. The van der Waals surface area contributed by atoms with E-state index in [0.717, 1.165) is 5.56 Å². The summed E-state index contributed by atoms with van der Waals surface area (Å²) >= 11 is 0. The minimum absolute atomic E-state index is 0.178. The first-order valence-corrected chi connectivity index (χ1v) is 8.27. The summed E-state index contributed by atoms with van der Waals surface area (Å²) < 4.78 is 25.3. The number of H-pyrrole nitrogens is 1. The summed E-state index contributed by atoms with van der Waals surface area (Å²) in [6.45, 7) is 0. The molecule has 2 aromatic carbocycles. The molecule has 0 fully saturated rings. The van der Waals surface area contributed by atoms with Crippen LogP contribution in [0.15, 0.2) is 48.5 Å². The highest BCUT2D eigenvalue weighted by Crippen LogP contribution is 2.46. The van der Waals surface area contributed by atoms with E-state index in [1.54, 1.807) is 25.3 Å².